The molecule has 3 rings (SSSR count). The van der Waals surface area contributed by atoms with E-state index in [1.807, 2.05) is 48.5 Å². The number of ether oxygens (including phenoxy) is 2. The number of carbonyl (C=O) groups excluding carboxylic acids is 1. The summed E-state index contributed by atoms with van der Waals surface area (Å²) < 4.78 is 10.3. The fourth-order valence-corrected chi connectivity index (χ4v) is 3.13. The number of benzene rings is 3. The van der Waals surface area contributed by atoms with Gasteiger partial charge in [-0.3, -0.25) is 4.79 Å². The van der Waals surface area contributed by atoms with Crippen LogP contribution < -0.4 is 4.74 Å². The molecule has 0 fully saturated rings. The molecule has 150 valence electrons. The molecule has 0 aromatic heterocycles. The molecule has 0 saturated heterocycles. The number of carbonyl (C=O) groups is 1. The Hall–Kier alpha value is -2.91. The summed E-state index contributed by atoms with van der Waals surface area (Å²) >= 11 is 0. The fourth-order valence-electron chi connectivity index (χ4n) is 3.13. The van der Waals surface area contributed by atoms with Gasteiger partial charge >= 0.3 is 0 Å². The summed E-state index contributed by atoms with van der Waals surface area (Å²) in [6.07, 6.45) is 0.412. The van der Waals surface area contributed by atoms with Crippen LogP contribution >= 0.6 is 0 Å². The van der Waals surface area contributed by atoms with Crippen molar-refractivity contribution < 1.29 is 14.3 Å². The van der Waals surface area contributed by atoms with Crippen molar-refractivity contribution in [2.45, 2.75) is 32.6 Å². The molecule has 0 heterocycles. The lowest BCUT2D eigenvalue weighted by atomic mass is 9.86. The van der Waals surface area contributed by atoms with E-state index in [1.165, 1.54) is 5.56 Å². The van der Waals surface area contributed by atoms with E-state index in [0.717, 1.165) is 28.0 Å². The molecule has 29 heavy (non-hydrogen) atoms. The zero-order valence-electron chi connectivity index (χ0n) is 17.6. The first-order chi connectivity index (χ1) is 13.9. The second kappa shape index (κ2) is 9.06. The van der Waals surface area contributed by atoms with E-state index in [2.05, 4.69) is 45.0 Å². The fraction of sp³-hybridized carbons (Fsp3) is 0.269. The van der Waals surface area contributed by atoms with E-state index in [-0.39, 0.29) is 18.0 Å². The van der Waals surface area contributed by atoms with Crippen LogP contribution in [-0.2, 0) is 16.6 Å². The highest BCUT2D eigenvalue weighted by atomic mass is 16.7. The number of hydrogen-bond acceptors (Lipinski definition) is 3. The maximum absolute atomic E-state index is 12.7. The summed E-state index contributed by atoms with van der Waals surface area (Å²) in [5, 5.41) is 0. The van der Waals surface area contributed by atoms with Crippen LogP contribution in [0.15, 0.2) is 72.8 Å². The standard InChI is InChI=1S/C26H28O3/c1-26(2,3)23-13-5-19(6-14-23)17-25(27)22-9-7-20(8-10-22)21-11-15-24(16-12-21)29-18-28-4/h5-16H,17-18H2,1-4H3. The predicted octanol–water partition coefficient (Wildman–Crippen LogP) is 6.06. The molecule has 0 radical (unpaired) electrons. The second-order valence-electron chi connectivity index (χ2n) is 8.20. The molecule has 0 amide bonds. The van der Waals surface area contributed by atoms with Gasteiger partial charge in [-0.15, -0.1) is 0 Å². The highest BCUT2D eigenvalue weighted by Crippen LogP contribution is 2.24. The molecule has 0 aliphatic rings. The summed E-state index contributed by atoms with van der Waals surface area (Å²) in [7, 11) is 1.60. The normalized spacial score (nSPS) is 11.3. The van der Waals surface area contributed by atoms with Gasteiger partial charge in [0, 0.05) is 19.1 Å². The molecule has 0 atom stereocenters. The largest absolute Gasteiger partial charge is 0.468 e. The molecule has 0 unspecified atom stereocenters. The lowest BCUT2D eigenvalue weighted by Crippen LogP contribution is -2.11. The van der Waals surface area contributed by atoms with Gasteiger partial charge in [0.05, 0.1) is 0 Å². The van der Waals surface area contributed by atoms with E-state index >= 15 is 0 Å². The van der Waals surface area contributed by atoms with Crippen LogP contribution in [-0.4, -0.2) is 19.7 Å². The summed E-state index contributed by atoms with van der Waals surface area (Å²) in [4.78, 5) is 12.7. The van der Waals surface area contributed by atoms with Crippen molar-refractivity contribution in [1.29, 1.82) is 0 Å². The zero-order valence-corrected chi connectivity index (χ0v) is 17.6. The molecule has 3 heteroatoms. The van der Waals surface area contributed by atoms with Crippen molar-refractivity contribution in [2.75, 3.05) is 13.9 Å². The molecule has 0 N–H and O–H groups in total. The van der Waals surface area contributed by atoms with Crippen LogP contribution in [0.2, 0.25) is 0 Å². The van der Waals surface area contributed by atoms with Gasteiger partial charge in [-0.05, 0) is 39.8 Å². The van der Waals surface area contributed by atoms with Crippen molar-refractivity contribution >= 4 is 5.78 Å². The van der Waals surface area contributed by atoms with Crippen LogP contribution in [0.1, 0.15) is 42.3 Å². The molecule has 0 aliphatic carbocycles. The van der Waals surface area contributed by atoms with Crippen molar-refractivity contribution in [3.63, 3.8) is 0 Å². The molecule has 3 aromatic rings. The molecule has 3 nitrogen and oxygen atoms in total. The number of methoxy groups -OCH3 is 1. The third kappa shape index (κ3) is 5.55. The van der Waals surface area contributed by atoms with Crippen LogP contribution in [0, 0.1) is 0 Å². The lowest BCUT2D eigenvalue weighted by Gasteiger charge is -2.19. The minimum atomic E-state index is 0.118. The Balaban J connectivity index is 1.65. The van der Waals surface area contributed by atoms with Crippen LogP contribution in [0.25, 0.3) is 11.1 Å². The highest BCUT2D eigenvalue weighted by molar-refractivity contribution is 5.97. The third-order valence-corrected chi connectivity index (χ3v) is 4.92. The highest BCUT2D eigenvalue weighted by Gasteiger charge is 2.14. The van der Waals surface area contributed by atoms with Crippen LogP contribution in [0.3, 0.4) is 0 Å². The molecule has 0 saturated carbocycles. The van der Waals surface area contributed by atoms with E-state index in [0.29, 0.717) is 6.42 Å². The van der Waals surface area contributed by atoms with Gasteiger partial charge in [0.1, 0.15) is 5.75 Å². The monoisotopic (exact) mass is 388 g/mol. The number of ketones is 1. The first-order valence-electron chi connectivity index (χ1n) is 9.82. The summed E-state index contributed by atoms with van der Waals surface area (Å²) in [6, 6.07) is 23.9. The molecular formula is C26H28O3. The first kappa shape index (κ1) is 20.8. The van der Waals surface area contributed by atoms with Gasteiger partial charge < -0.3 is 9.47 Å². The zero-order chi connectivity index (χ0) is 20.9. The smallest absolute Gasteiger partial charge is 0.188 e. The van der Waals surface area contributed by atoms with Crippen molar-refractivity contribution in [2.24, 2.45) is 0 Å². The average molecular weight is 389 g/mol. The lowest BCUT2D eigenvalue weighted by molar-refractivity contribution is 0.0511. The van der Waals surface area contributed by atoms with Gasteiger partial charge in [0.25, 0.3) is 0 Å². The summed E-state index contributed by atoms with van der Waals surface area (Å²) in [5.41, 5.74) is 5.30. The maximum Gasteiger partial charge on any atom is 0.188 e. The first-order valence-corrected chi connectivity index (χ1v) is 9.82. The average Bonchev–Trinajstić information content (AvgIpc) is 2.72. The Morgan fingerprint density at radius 3 is 1.86 bits per heavy atom. The van der Waals surface area contributed by atoms with Gasteiger partial charge in [-0.25, -0.2) is 0 Å². The summed E-state index contributed by atoms with van der Waals surface area (Å²) in [5.74, 6) is 0.892. The minimum absolute atomic E-state index is 0.118. The van der Waals surface area contributed by atoms with E-state index in [1.54, 1.807) is 7.11 Å². The maximum atomic E-state index is 12.7. The predicted molar refractivity (Wildman–Crippen MR) is 118 cm³/mol. The topological polar surface area (TPSA) is 35.5 Å². The van der Waals surface area contributed by atoms with Gasteiger partial charge in [-0.1, -0.05) is 81.4 Å². The van der Waals surface area contributed by atoms with E-state index in [4.69, 9.17) is 9.47 Å². The third-order valence-electron chi connectivity index (χ3n) is 4.92. The SMILES string of the molecule is COCOc1ccc(-c2ccc(C(=O)Cc3ccc(C(C)(C)C)cc3)cc2)cc1. The molecule has 0 spiro atoms. The molecule has 0 bridgehead atoms. The molecule has 0 aliphatic heterocycles. The Kier molecular flexibility index (Phi) is 6.50. The second-order valence-corrected chi connectivity index (χ2v) is 8.20. The number of Topliss-reactive ketones (excluding diaryl/α,β-unsaturated/α-hetero) is 1. The van der Waals surface area contributed by atoms with Crippen LogP contribution in [0.5, 0.6) is 5.75 Å². The van der Waals surface area contributed by atoms with Gasteiger partial charge in [0.2, 0.25) is 0 Å². The Labute approximate surface area is 173 Å². The quantitative estimate of drug-likeness (QED) is 0.365. The number of hydrogen-bond donors (Lipinski definition) is 0. The molecule has 3 aromatic carbocycles. The van der Waals surface area contributed by atoms with Crippen molar-refractivity contribution in [1.82, 2.24) is 0 Å². The Bertz CT molecular complexity index is 931. The number of rotatable bonds is 7. The van der Waals surface area contributed by atoms with E-state index in [9.17, 15) is 4.79 Å². The van der Waals surface area contributed by atoms with Crippen molar-refractivity contribution in [3.05, 3.63) is 89.5 Å². The molecular weight excluding hydrogens is 360 g/mol. The van der Waals surface area contributed by atoms with Gasteiger partial charge in [-0.2, -0.15) is 0 Å². The van der Waals surface area contributed by atoms with Crippen molar-refractivity contribution in [3.8, 4) is 16.9 Å². The van der Waals surface area contributed by atoms with E-state index < -0.39 is 0 Å². The summed E-state index contributed by atoms with van der Waals surface area (Å²) in [6.45, 7) is 6.80. The Morgan fingerprint density at radius 2 is 1.34 bits per heavy atom. The van der Waals surface area contributed by atoms with Crippen LogP contribution in [0.4, 0.5) is 0 Å². The van der Waals surface area contributed by atoms with Gasteiger partial charge in [0.15, 0.2) is 12.6 Å². The Morgan fingerprint density at radius 1 is 0.793 bits per heavy atom. The minimum Gasteiger partial charge on any atom is -0.468 e.